The molecule has 0 bridgehead atoms. The zero-order valence-electron chi connectivity index (χ0n) is 12.1. The molecule has 0 unspecified atom stereocenters. The third-order valence-electron chi connectivity index (χ3n) is 3.56. The Morgan fingerprint density at radius 2 is 1.70 bits per heavy atom. The molecule has 3 rings (SSSR count). The van der Waals surface area contributed by atoms with Gasteiger partial charge in [-0.3, -0.25) is 4.40 Å². The normalized spacial score (nSPS) is 11.9. The summed E-state index contributed by atoms with van der Waals surface area (Å²) < 4.78 is 2.03. The Morgan fingerprint density at radius 3 is 2.35 bits per heavy atom. The number of nitrogen functional groups attached to an aromatic ring is 1. The van der Waals surface area contributed by atoms with E-state index in [0.29, 0.717) is 0 Å². The predicted molar refractivity (Wildman–Crippen MR) is 83.7 cm³/mol. The van der Waals surface area contributed by atoms with Crippen molar-refractivity contribution in [2.24, 2.45) is 0 Å². The van der Waals surface area contributed by atoms with Gasteiger partial charge in [0, 0.05) is 17.4 Å². The van der Waals surface area contributed by atoms with E-state index in [2.05, 4.69) is 50.0 Å². The van der Waals surface area contributed by atoms with E-state index >= 15 is 0 Å². The lowest BCUT2D eigenvalue weighted by Crippen LogP contribution is -2.10. The summed E-state index contributed by atoms with van der Waals surface area (Å²) in [6.45, 7) is 6.65. The van der Waals surface area contributed by atoms with Gasteiger partial charge >= 0.3 is 0 Å². The lowest BCUT2D eigenvalue weighted by Gasteiger charge is -2.19. The molecule has 102 valence electrons. The average Bonchev–Trinajstić information content (AvgIpc) is 2.81. The van der Waals surface area contributed by atoms with Gasteiger partial charge < -0.3 is 5.73 Å². The first-order valence-corrected chi connectivity index (χ1v) is 6.79. The maximum Gasteiger partial charge on any atom is 0.144 e. The van der Waals surface area contributed by atoms with Crippen LogP contribution in [0.25, 0.3) is 16.9 Å². The van der Waals surface area contributed by atoms with E-state index in [-0.39, 0.29) is 5.41 Å². The van der Waals surface area contributed by atoms with Gasteiger partial charge in [0.15, 0.2) is 0 Å². The molecule has 0 aliphatic carbocycles. The van der Waals surface area contributed by atoms with E-state index in [1.54, 1.807) is 0 Å². The van der Waals surface area contributed by atoms with Crippen LogP contribution in [0.4, 0.5) is 5.69 Å². The van der Waals surface area contributed by atoms with Crippen molar-refractivity contribution in [3.8, 4) is 11.4 Å². The van der Waals surface area contributed by atoms with Crippen molar-refractivity contribution in [1.82, 2.24) is 9.38 Å². The predicted octanol–water partition coefficient (Wildman–Crippen LogP) is 3.88. The molecule has 0 atom stereocenters. The Balaban J connectivity index is 2.09. The van der Waals surface area contributed by atoms with Crippen molar-refractivity contribution in [3.63, 3.8) is 0 Å². The minimum Gasteiger partial charge on any atom is -0.398 e. The van der Waals surface area contributed by atoms with Crippen LogP contribution in [-0.4, -0.2) is 9.38 Å². The molecule has 1 aromatic carbocycles. The van der Waals surface area contributed by atoms with Crippen LogP contribution >= 0.6 is 0 Å². The van der Waals surface area contributed by atoms with Crippen LogP contribution in [0.3, 0.4) is 0 Å². The van der Waals surface area contributed by atoms with Crippen molar-refractivity contribution >= 4 is 11.2 Å². The van der Waals surface area contributed by atoms with Crippen LogP contribution in [0.2, 0.25) is 0 Å². The van der Waals surface area contributed by atoms with Gasteiger partial charge in [0.05, 0.1) is 11.7 Å². The Morgan fingerprint density at radius 1 is 1.00 bits per heavy atom. The van der Waals surface area contributed by atoms with Gasteiger partial charge in [-0.15, -0.1) is 0 Å². The van der Waals surface area contributed by atoms with Gasteiger partial charge in [-0.1, -0.05) is 45.0 Å². The summed E-state index contributed by atoms with van der Waals surface area (Å²) in [5.41, 5.74) is 10.2. The standard InChI is InChI=1S/C17H19N3/c1-17(2,3)13-6-4-12(5-7-13)16-19-10-15-9-8-14(18)11-20(15)16/h4-11H,18H2,1-3H3. The summed E-state index contributed by atoms with van der Waals surface area (Å²) in [6.07, 6.45) is 3.78. The molecule has 0 aliphatic heterocycles. The van der Waals surface area contributed by atoms with Crippen molar-refractivity contribution in [2.75, 3.05) is 5.73 Å². The van der Waals surface area contributed by atoms with Gasteiger partial charge in [-0.05, 0) is 23.1 Å². The molecule has 0 spiro atoms. The van der Waals surface area contributed by atoms with E-state index in [0.717, 1.165) is 22.6 Å². The molecule has 3 nitrogen and oxygen atoms in total. The number of pyridine rings is 1. The van der Waals surface area contributed by atoms with Crippen LogP contribution in [0.5, 0.6) is 0 Å². The first-order valence-electron chi connectivity index (χ1n) is 6.79. The lowest BCUT2D eigenvalue weighted by molar-refractivity contribution is 0.590. The number of benzene rings is 1. The Labute approximate surface area is 119 Å². The maximum absolute atomic E-state index is 5.86. The SMILES string of the molecule is CC(C)(C)c1ccc(-c2ncc3ccc(N)cn23)cc1. The Hall–Kier alpha value is -2.29. The molecule has 3 heteroatoms. The summed E-state index contributed by atoms with van der Waals surface area (Å²) in [5.74, 6) is 0.924. The van der Waals surface area contributed by atoms with E-state index in [9.17, 15) is 0 Å². The van der Waals surface area contributed by atoms with Crippen molar-refractivity contribution < 1.29 is 0 Å². The van der Waals surface area contributed by atoms with Gasteiger partial charge in [-0.25, -0.2) is 4.98 Å². The monoisotopic (exact) mass is 265 g/mol. The molecule has 0 radical (unpaired) electrons. The van der Waals surface area contributed by atoms with Crippen LogP contribution < -0.4 is 5.73 Å². The van der Waals surface area contributed by atoms with Gasteiger partial charge in [0.2, 0.25) is 0 Å². The zero-order valence-corrected chi connectivity index (χ0v) is 12.1. The second-order valence-electron chi connectivity index (χ2n) is 6.17. The van der Waals surface area contributed by atoms with Crippen molar-refractivity contribution in [3.05, 3.63) is 54.4 Å². The summed E-state index contributed by atoms with van der Waals surface area (Å²) in [7, 11) is 0. The third kappa shape index (κ3) is 2.16. The number of anilines is 1. The van der Waals surface area contributed by atoms with Crippen LogP contribution in [0.15, 0.2) is 48.8 Å². The second kappa shape index (κ2) is 4.37. The first kappa shape index (κ1) is 12.7. The number of nitrogens with zero attached hydrogens (tertiary/aromatic N) is 2. The second-order valence-corrected chi connectivity index (χ2v) is 6.17. The van der Waals surface area contributed by atoms with Crippen molar-refractivity contribution in [2.45, 2.75) is 26.2 Å². The first-order chi connectivity index (χ1) is 9.45. The molecule has 0 fully saturated rings. The number of hydrogen-bond acceptors (Lipinski definition) is 2. The average molecular weight is 265 g/mol. The highest BCUT2D eigenvalue weighted by molar-refractivity contribution is 5.64. The number of hydrogen-bond donors (Lipinski definition) is 1. The van der Waals surface area contributed by atoms with Crippen LogP contribution in [-0.2, 0) is 5.41 Å². The molecule has 2 heterocycles. The Kier molecular flexibility index (Phi) is 2.78. The molecule has 2 N–H and O–H groups in total. The lowest BCUT2D eigenvalue weighted by atomic mass is 9.87. The highest BCUT2D eigenvalue weighted by atomic mass is 15.0. The highest BCUT2D eigenvalue weighted by Crippen LogP contribution is 2.26. The fraction of sp³-hybridized carbons (Fsp3) is 0.235. The number of rotatable bonds is 1. The van der Waals surface area contributed by atoms with Crippen LogP contribution in [0, 0.1) is 0 Å². The molecule has 0 amide bonds. The van der Waals surface area contributed by atoms with Gasteiger partial charge in [0.1, 0.15) is 5.82 Å². The maximum atomic E-state index is 5.86. The highest BCUT2D eigenvalue weighted by Gasteiger charge is 2.14. The molecule has 0 saturated heterocycles. The molecule has 3 aromatic rings. The minimum atomic E-state index is 0.164. The van der Waals surface area contributed by atoms with Crippen LogP contribution in [0.1, 0.15) is 26.3 Å². The van der Waals surface area contributed by atoms with Crippen molar-refractivity contribution in [1.29, 1.82) is 0 Å². The number of fused-ring (bicyclic) bond motifs is 1. The summed E-state index contributed by atoms with van der Waals surface area (Å²) in [6, 6.07) is 12.5. The van der Waals surface area contributed by atoms with E-state index in [4.69, 9.17) is 5.73 Å². The minimum absolute atomic E-state index is 0.164. The topological polar surface area (TPSA) is 43.3 Å². The van der Waals surface area contributed by atoms with Gasteiger partial charge in [-0.2, -0.15) is 0 Å². The number of nitrogens with two attached hydrogens (primary N) is 1. The quantitative estimate of drug-likeness (QED) is 0.725. The molecular weight excluding hydrogens is 246 g/mol. The van der Waals surface area contributed by atoms with E-state index in [1.807, 2.05) is 28.9 Å². The summed E-state index contributed by atoms with van der Waals surface area (Å²) in [5, 5.41) is 0. The molecule has 0 aliphatic rings. The largest absolute Gasteiger partial charge is 0.398 e. The Bertz CT molecular complexity index is 746. The summed E-state index contributed by atoms with van der Waals surface area (Å²) in [4.78, 5) is 4.51. The molecular formula is C17H19N3. The number of aromatic nitrogens is 2. The zero-order chi connectivity index (χ0) is 14.3. The third-order valence-corrected chi connectivity index (χ3v) is 3.56. The molecule has 0 saturated carbocycles. The van der Waals surface area contributed by atoms with Gasteiger partial charge in [0.25, 0.3) is 0 Å². The van der Waals surface area contributed by atoms with E-state index in [1.165, 1.54) is 5.56 Å². The molecule has 20 heavy (non-hydrogen) atoms. The fourth-order valence-corrected chi connectivity index (χ4v) is 2.34. The molecule has 2 aromatic heterocycles. The summed E-state index contributed by atoms with van der Waals surface area (Å²) >= 11 is 0. The van der Waals surface area contributed by atoms with E-state index < -0.39 is 0 Å². The number of imidazole rings is 1. The smallest absolute Gasteiger partial charge is 0.144 e. The fourth-order valence-electron chi connectivity index (χ4n) is 2.34.